The van der Waals surface area contributed by atoms with Crippen molar-refractivity contribution in [2.75, 3.05) is 0 Å². The number of hydrogen-bond donors (Lipinski definition) is 0. The highest BCUT2D eigenvalue weighted by Gasteiger charge is 2.27. The summed E-state index contributed by atoms with van der Waals surface area (Å²) in [7, 11) is 0. The van der Waals surface area contributed by atoms with E-state index in [1.54, 1.807) is 0 Å². The van der Waals surface area contributed by atoms with Gasteiger partial charge in [-0.25, -0.2) is 4.98 Å². The Morgan fingerprint density at radius 3 is 1.78 bits per heavy atom. The quantitative estimate of drug-likeness (QED) is 0.178. The number of hydrogen-bond acceptors (Lipinski definition) is 3. The number of para-hydroxylation sites is 5. The van der Waals surface area contributed by atoms with Crippen molar-refractivity contribution in [3.63, 3.8) is 0 Å². The van der Waals surface area contributed by atoms with Gasteiger partial charge >= 0.3 is 0 Å². The first kappa shape index (κ1) is 33.9. The van der Waals surface area contributed by atoms with Crippen LogP contribution in [0.15, 0.2) is 205 Å². The van der Waals surface area contributed by atoms with Crippen molar-refractivity contribution >= 4 is 104 Å². The minimum atomic E-state index is 0.549. The van der Waals surface area contributed by atoms with E-state index >= 15 is 0 Å². The smallest absolute Gasteiger partial charge is 0.233 e. The first-order valence-corrected chi connectivity index (χ1v) is 21.7. The molecular formula is C58H33N5O. The Morgan fingerprint density at radius 1 is 0.344 bits per heavy atom. The zero-order chi connectivity index (χ0) is 41.6. The maximum absolute atomic E-state index is 6.73. The molecule has 0 spiro atoms. The maximum Gasteiger partial charge on any atom is 0.233 e. The van der Waals surface area contributed by atoms with E-state index in [2.05, 4.69) is 202 Å². The van der Waals surface area contributed by atoms with Gasteiger partial charge in [0.15, 0.2) is 11.6 Å². The second-order valence-electron chi connectivity index (χ2n) is 16.9. The Hall–Kier alpha value is -8.74. The van der Waals surface area contributed by atoms with Gasteiger partial charge in [0.1, 0.15) is 5.58 Å². The van der Waals surface area contributed by atoms with Crippen molar-refractivity contribution in [1.29, 1.82) is 0 Å². The third kappa shape index (κ3) is 4.43. The third-order valence-electron chi connectivity index (χ3n) is 13.6. The minimum Gasteiger partial charge on any atom is -0.437 e. The Morgan fingerprint density at radius 2 is 0.969 bits per heavy atom. The molecule has 0 unspecified atom stereocenters. The van der Waals surface area contributed by atoms with E-state index in [1.807, 2.05) is 12.1 Å². The zero-order valence-corrected chi connectivity index (χ0v) is 34.2. The van der Waals surface area contributed by atoms with Gasteiger partial charge in [-0.05, 0) is 71.8 Å². The summed E-state index contributed by atoms with van der Waals surface area (Å²) in [6.07, 6.45) is 0. The molecule has 15 aromatic rings. The predicted molar refractivity (Wildman–Crippen MR) is 264 cm³/mol. The Balaban J connectivity index is 1.11. The lowest BCUT2D eigenvalue weighted by Gasteiger charge is -2.12. The second kappa shape index (κ2) is 12.4. The summed E-state index contributed by atoms with van der Waals surface area (Å²) in [6, 6.07) is 71.7. The SMILES string of the molecule is c1ccc(-c2ccc3c(c2)c2c4c5ccccc5n5c6ccccc6c(cc2n3-c2nc(-c3ccc6c7ccccc7n(-c7ccccc7)c6c3)nc3oc6ccccc6c23)c45)cc1. The molecule has 6 aromatic heterocycles. The van der Waals surface area contributed by atoms with Gasteiger partial charge in [-0.15, -0.1) is 0 Å². The molecule has 0 saturated heterocycles. The standard InChI is InChI=1S/C58H33N5O/c1-3-15-34(16-4-1)35-28-30-48-44(31-35)52-50(33-43-39-20-8-12-24-46(39)62-47-25-13-9-21-41(47)53(52)55(43)62)63(48)57-54-42-22-10-14-26-51(42)64-58(54)60-56(59-57)36-27-29-40-38-19-7-11-23-45(38)61(49(40)32-36)37-17-5-2-6-18-37/h1-33H. The monoisotopic (exact) mass is 815 g/mol. The molecule has 0 aliphatic carbocycles. The summed E-state index contributed by atoms with van der Waals surface area (Å²) < 4.78 is 13.9. The summed E-state index contributed by atoms with van der Waals surface area (Å²) >= 11 is 0. The molecule has 0 aliphatic rings. The summed E-state index contributed by atoms with van der Waals surface area (Å²) in [5.74, 6) is 1.37. The van der Waals surface area contributed by atoms with E-state index in [9.17, 15) is 0 Å². The Labute approximate surface area is 364 Å². The molecule has 6 heterocycles. The Bertz CT molecular complexity index is 4420. The van der Waals surface area contributed by atoms with Crippen LogP contribution in [0.4, 0.5) is 0 Å². The average Bonchev–Trinajstić information content (AvgIpc) is 4.15. The molecule has 6 heteroatoms. The van der Waals surface area contributed by atoms with Gasteiger partial charge in [0.25, 0.3) is 0 Å². The van der Waals surface area contributed by atoms with Crippen LogP contribution in [-0.2, 0) is 0 Å². The molecule has 0 bridgehead atoms. The second-order valence-corrected chi connectivity index (χ2v) is 16.9. The lowest BCUT2D eigenvalue weighted by Crippen LogP contribution is -2.02. The fourth-order valence-corrected chi connectivity index (χ4v) is 10.9. The van der Waals surface area contributed by atoms with Crippen molar-refractivity contribution in [3.8, 4) is 34.0 Å². The fraction of sp³-hybridized carbons (Fsp3) is 0. The number of nitrogens with zero attached hydrogens (tertiary/aromatic N) is 5. The molecule has 9 aromatic carbocycles. The van der Waals surface area contributed by atoms with E-state index in [0.29, 0.717) is 11.5 Å². The van der Waals surface area contributed by atoms with Crippen LogP contribution < -0.4 is 0 Å². The molecule has 296 valence electrons. The normalized spacial score (nSPS) is 12.4. The third-order valence-corrected chi connectivity index (χ3v) is 13.6. The van der Waals surface area contributed by atoms with Crippen molar-refractivity contribution in [3.05, 3.63) is 200 Å². The van der Waals surface area contributed by atoms with Crippen molar-refractivity contribution in [2.24, 2.45) is 0 Å². The van der Waals surface area contributed by atoms with Crippen LogP contribution in [0, 0.1) is 0 Å². The van der Waals surface area contributed by atoms with E-state index < -0.39 is 0 Å². The van der Waals surface area contributed by atoms with Gasteiger partial charge in [-0.1, -0.05) is 140 Å². The van der Waals surface area contributed by atoms with Crippen LogP contribution in [0.25, 0.3) is 138 Å². The number of furan rings is 1. The molecule has 0 atom stereocenters. The van der Waals surface area contributed by atoms with Crippen LogP contribution in [0.3, 0.4) is 0 Å². The van der Waals surface area contributed by atoms with Crippen LogP contribution in [0.1, 0.15) is 0 Å². The van der Waals surface area contributed by atoms with Crippen LogP contribution in [0.5, 0.6) is 0 Å². The average molecular weight is 816 g/mol. The highest BCUT2D eigenvalue weighted by Crippen LogP contribution is 2.48. The molecule has 15 rings (SSSR count). The molecule has 0 fully saturated rings. The fourth-order valence-electron chi connectivity index (χ4n) is 10.9. The maximum atomic E-state index is 6.73. The Kier molecular flexibility index (Phi) is 6.59. The molecule has 0 N–H and O–H groups in total. The number of benzene rings is 9. The number of rotatable bonds is 4. The first-order valence-electron chi connectivity index (χ1n) is 21.7. The zero-order valence-electron chi connectivity index (χ0n) is 34.2. The molecule has 0 amide bonds. The van der Waals surface area contributed by atoms with Gasteiger partial charge in [0, 0.05) is 59.7 Å². The van der Waals surface area contributed by atoms with E-state index in [0.717, 1.165) is 66.4 Å². The molecular weight excluding hydrogens is 783 g/mol. The predicted octanol–water partition coefficient (Wildman–Crippen LogP) is 15.1. The van der Waals surface area contributed by atoms with Crippen LogP contribution >= 0.6 is 0 Å². The van der Waals surface area contributed by atoms with Gasteiger partial charge in [-0.2, -0.15) is 4.98 Å². The minimum absolute atomic E-state index is 0.549. The van der Waals surface area contributed by atoms with Gasteiger partial charge in [-0.3, -0.25) is 4.57 Å². The van der Waals surface area contributed by atoms with E-state index in [-0.39, 0.29) is 0 Å². The van der Waals surface area contributed by atoms with E-state index in [4.69, 9.17) is 14.4 Å². The van der Waals surface area contributed by atoms with Gasteiger partial charge in [0.2, 0.25) is 5.71 Å². The number of aromatic nitrogens is 5. The summed E-state index contributed by atoms with van der Waals surface area (Å²) in [6.45, 7) is 0. The topological polar surface area (TPSA) is 53.2 Å². The van der Waals surface area contributed by atoms with Crippen molar-refractivity contribution in [2.45, 2.75) is 0 Å². The van der Waals surface area contributed by atoms with Gasteiger partial charge < -0.3 is 13.4 Å². The lowest BCUT2D eigenvalue weighted by molar-refractivity contribution is 0.653. The van der Waals surface area contributed by atoms with E-state index in [1.165, 1.54) is 59.8 Å². The van der Waals surface area contributed by atoms with Gasteiger partial charge in [0.05, 0.1) is 44.0 Å². The molecule has 6 nitrogen and oxygen atoms in total. The summed E-state index contributed by atoms with van der Waals surface area (Å²) in [5, 5.41) is 11.5. The summed E-state index contributed by atoms with van der Waals surface area (Å²) in [5.41, 5.74) is 13.7. The van der Waals surface area contributed by atoms with Crippen LogP contribution in [-0.4, -0.2) is 23.5 Å². The van der Waals surface area contributed by atoms with Crippen molar-refractivity contribution < 1.29 is 4.42 Å². The molecule has 64 heavy (non-hydrogen) atoms. The first-order chi connectivity index (χ1) is 31.8. The molecule has 0 aliphatic heterocycles. The largest absolute Gasteiger partial charge is 0.437 e. The lowest BCUT2D eigenvalue weighted by atomic mass is 9.99. The summed E-state index contributed by atoms with van der Waals surface area (Å²) in [4.78, 5) is 11.0. The number of fused-ring (bicyclic) bond motifs is 16. The van der Waals surface area contributed by atoms with Crippen molar-refractivity contribution in [1.82, 2.24) is 23.5 Å². The molecule has 0 saturated carbocycles. The highest BCUT2D eigenvalue weighted by molar-refractivity contribution is 6.36. The molecule has 0 radical (unpaired) electrons. The highest BCUT2D eigenvalue weighted by atomic mass is 16.3. The van der Waals surface area contributed by atoms with Crippen LogP contribution in [0.2, 0.25) is 0 Å².